The Labute approximate surface area is 191 Å². The molecule has 0 saturated heterocycles. The molecular formula is C24H22N2O4S2. The van der Waals surface area contributed by atoms with Crippen molar-refractivity contribution in [2.24, 2.45) is 0 Å². The fraction of sp³-hybridized carbons (Fsp3) is 0.125. The van der Waals surface area contributed by atoms with Crippen LogP contribution in [0.15, 0.2) is 95.2 Å². The lowest BCUT2D eigenvalue weighted by atomic mass is 10.3. The van der Waals surface area contributed by atoms with Crippen molar-refractivity contribution in [3.8, 4) is 11.5 Å². The first kappa shape index (κ1) is 21.9. The molecule has 8 heteroatoms. The van der Waals surface area contributed by atoms with Crippen LogP contribution in [-0.2, 0) is 23.2 Å². The van der Waals surface area contributed by atoms with Gasteiger partial charge < -0.3 is 9.47 Å². The number of hydrogen-bond acceptors (Lipinski definition) is 6. The van der Waals surface area contributed by atoms with Gasteiger partial charge in [-0.2, -0.15) is 0 Å². The highest BCUT2D eigenvalue weighted by molar-refractivity contribution is 7.92. The Morgan fingerprint density at radius 3 is 2.19 bits per heavy atom. The van der Waals surface area contributed by atoms with Crippen molar-refractivity contribution in [3.63, 3.8) is 0 Å². The quantitative estimate of drug-likeness (QED) is 0.342. The van der Waals surface area contributed by atoms with Crippen molar-refractivity contribution in [1.82, 2.24) is 4.98 Å². The van der Waals surface area contributed by atoms with Gasteiger partial charge in [0.25, 0.3) is 10.0 Å². The second-order valence-electron chi connectivity index (χ2n) is 6.86. The number of methoxy groups -OCH3 is 1. The zero-order chi connectivity index (χ0) is 22.4. The summed E-state index contributed by atoms with van der Waals surface area (Å²) in [7, 11) is -2.22. The fourth-order valence-electron chi connectivity index (χ4n) is 3.08. The summed E-state index contributed by atoms with van der Waals surface area (Å²) >= 11 is 1.44. The molecule has 0 aliphatic carbocycles. The number of ether oxygens (including phenoxy) is 2. The third-order valence-corrected chi connectivity index (χ3v) is 7.36. The van der Waals surface area contributed by atoms with Gasteiger partial charge in [0.2, 0.25) is 0 Å². The molecule has 0 amide bonds. The maximum atomic E-state index is 13.5. The molecule has 1 heterocycles. The van der Waals surface area contributed by atoms with Gasteiger partial charge in [0.15, 0.2) is 0 Å². The smallest absolute Gasteiger partial charge is 0.264 e. The van der Waals surface area contributed by atoms with Crippen LogP contribution < -0.4 is 13.8 Å². The number of aromatic nitrogens is 1. The van der Waals surface area contributed by atoms with E-state index in [9.17, 15) is 8.42 Å². The normalized spacial score (nSPS) is 11.2. The van der Waals surface area contributed by atoms with E-state index in [-0.39, 0.29) is 11.4 Å². The minimum Gasteiger partial charge on any atom is -0.497 e. The van der Waals surface area contributed by atoms with Crippen LogP contribution in [-0.4, -0.2) is 20.5 Å². The Morgan fingerprint density at radius 1 is 0.875 bits per heavy atom. The zero-order valence-electron chi connectivity index (χ0n) is 17.4. The highest BCUT2D eigenvalue weighted by Crippen LogP contribution is 2.28. The largest absolute Gasteiger partial charge is 0.497 e. The number of benzene rings is 3. The van der Waals surface area contributed by atoms with Crippen LogP contribution in [0, 0.1) is 0 Å². The molecule has 32 heavy (non-hydrogen) atoms. The minimum atomic E-state index is -3.79. The van der Waals surface area contributed by atoms with Gasteiger partial charge in [0.05, 0.1) is 29.9 Å². The molecule has 0 aliphatic rings. The topological polar surface area (TPSA) is 68.7 Å². The molecule has 0 radical (unpaired) electrons. The van der Waals surface area contributed by atoms with Gasteiger partial charge in [0, 0.05) is 5.38 Å². The Balaban J connectivity index is 1.59. The van der Waals surface area contributed by atoms with Crippen molar-refractivity contribution in [2.75, 3.05) is 11.4 Å². The summed E-state index contributed by atoms with van der Waals surface area (Å²) in [5, 5.41) is 2.64. The van der Waals surface area contributed by atoms with Crippen molar-refractivity contribution in [3.05, 3.63) is 101 Å². The summed E-state index contributed by atoms with van der Waals surface area (Å²) in [5.41, 5.74) is 1.18. The summed E-state index contributed by atoms with van der Waals surface area (Å²) in [6.45, 7) is 0.425. The SMILES string of the molecule is COc1ccc(N(Cc2csc(COc3ccccc3)n2)S(=O)(=O)c2ccccc2)cc1. The van der Waals surface area contributed by atoms with Gasteiger partial charge in [0.1, 0.15) is 23.1 Å². The van der Waals surface area contributed by atoms with Gasteiger partial charge in [-0.25, -0.2) is 13.4 Å². The lowest BCUT2D eigenvalue weighted by Gasteiger charge is -2.24. The fourth-order valence-corrected chi connectivity index (χ4v) is 5.23. The van der Waals surface area contributed by atoms with Crippen LogP contribution in [0.5, 0.6) is 11.5 Å². The number of para-hydroxylation sites is 1. The molecular weight excluding hydrogens is 444 g/mol. The molecule has 4 rings (SSSR count). The molecule has 6 nitrogen and oxygen atoms in total. The van der Waals surface area contributed by atoms with E-state index >= 15 is 0 Å². The average molecular weight is 467 g/mol. The first-order valence-electron chi connectivity index (χ1n) is 9.89. The molecule has 0 saturated carbocycles. The van der Waals surface area contributed by atoms with Gasteiger partial charge >= 0.3 is 0 Å². The summed E-state index contributed by atoms with van der Waals surface area (Å²) in [6.07, 6.45) is 0. The monoisotopic (exact) mass is 466 g/mol. The third-order valence-electron chi connectivity index (χ3n) is 4.70. The molecule has 0 atom stereocenters. The molecule has 4 aromatic rings. The van der Waals surface area contributed by atoms with E-state index in [2.05, 4.69) is 4.98 Å². The number of anilines is 1. The van der Waals surface area contributed by atoms with Crippen LogP contribution in [0.3, 0.4) is 0 Å². The van der Waals surface area contributed by atoms with Crippen molar-refractivity contribution in [2.45, 2.75) is 18.0 Å². The van der Waals surface area contributed by atoms with Crippen molar-refractivity contribution in [1.29, 1.82) is 0 Å². The molecule has 0 N–H and O–H groups in total. The van der Waals surface area contributed by atoms with E-state index in [1.165, 1.54) is 15.6 Å². The maximum absolute atomic E-state index is 13.5. The van der Waals surface area contributed by atoms with E-state index in [0.29, 0.717) is 23.7 Å². The third kappa shape index (κ3) is 5.09. The highest BCUT2D eigenvalue weighted by Gasteiger charge is 2.26. The van der Waals surface area contributed by atoms with E-state index < -0.39 is 10.0 Å². The molecule has 0 fully saturated rings. The van der Waals surface area contributed by atoms with Crippen LogP contribution >= 0.6 is 11.3 Å². The molecule has 0 bridgehead atoms. The number of hydrogen-bond donors (Lipinski definition) is 0. The standard InChI is InChI=1S/C24H22N2O4S2/c1-29-21-14-12-20(13-15-21)26(32(27,28)23-10-6-3-7-11-23)16-19-18-31-24(25-19)17-30-22-8-4-2-5-9-22/h2-15,18H,16-17H2,1H3. The number of sulfonamides is 1. The molecule has 0 aliphatic heterocycles. The first-order valence-corrected chi connectivity index (χ1v) is 12.2. The number of nitrogens with zero attached hydrogens (tertiary/aromatic N) is 2. The maximum Gasteiger partial charge on any atom is 0.264 e. The van der Waals surface area contributed by atoms with Crippen LogP contribution in [0.2, 0.25) is 0 Å². The summed E-state index contributed by atoms with van der Waals surface area (Å²) < 4.78 is 39.2. The Bertz CT molecular complexity index is 1240. The molecule has 0 unspecified atom stereocenters. The predicted octanol–water partition coefficient (Wildman–Crippen LogP) is 5.13. The molecule has 0 spiro atoms. The number of rotatable bonds is 9. The number of thiazole rings is 1. The van der Waals surface area contributed by atoms with Crippen LogP contribution in [0.25, 0.3) is 0 Å². The van der Waals surface area contributed by atoms with Gasteiger partial charge in [-0.3, -0.25) is 4.31 Å². The average Bonchev–Trinajstić information content (AvgIpc) is 3.30. The Kier molecular flexibility index (Phi) is 6.72. The highest BCUT2D eigenvalue weighted by atomic mass is 32.2. The minimum absolute atomic E-state index is 0.103. The first-order chi connectivity index (χ1) is 15.6. The van der Waals surface area contributed by atoms with Crippen molar-refractivity contribution >= 4 is 27.0 Å². The summed E-state index contributed by atoms with van der Waals surface area (Å²) in [5.74, 6) is 1.41. The Morgan fingerprint density at radius 2 is 1.53 bits per heavy atom. The Hall–Kier alpha value is -3.36. The van der Waals surface area contributed by atoms with Crippen LogP contribution in [0.1, 0.15) is 10.7 Å². The van der Waals surface area contributed by atoms with E-state index in [4.69, 9.17) is 9.47 Å². The van der Waals surface area contributed by atoms with Gasteiger partial charge in [-0.1, -0.05) is 36.4 Å². The molecule has 1 aromatic heterocycles. The van der Waals surface area contributed by atoms with E-state index in [1.807, 2.05) is 35.7 Å². The predicted molar refractivity (Wildman–Crippen MR) is 126 cm³/mol. The summed E-state index contributed by atoms with van der Waals surface area (Å²) in [4.78, 5) is 4.82. The lowest BCUT2D eigenvalue weighted by Crippen LogP contribution is -2.30. The van der Waals surface area contributed by atoms with Gasteiger partial charge in [-0.05, 0) is 48.5 Å². The van der Waals surface area contributed by atoms with E-state index in [0.717, 1.165) is 10.8 Å². The molecule has 3 aromatic carbocycles. The van der Waals surface area contributed by atoms with Gasteiger partial charge in [-0.15, -0.1) is 11.3 Å². The molecule has 164 valence electrons. The van der Waals surface area contributed by atoms with E-state index in [1.54, 1.807) is 61.7 Å². The second-order valence-corrected chi connectivity index (χ2v) is 9.66. The zero-order valence-corrected chi connectivity index (χ0v) is 19.1. The second kappa shape index (κ2) is 9.84. The van der Waals surface area contributed by atoms with Crippen molar-refractivity contribution < 1.29 is 17.9 Å². The van der Waals surface area contributed by atoms with Crippen LogP contribution in [0.4, 0.5) is 5.69 Å². The summed E-state index contributed by atoms with van der Waals surface area (Å²) in [6, 6.07) is 24.8. The lowest BCUT2D eigenvalue weighted by molar-refractivity contribution is 0.305.